The second-order valence-corrected chi connectivity index (χ2v) is 5.32. The largest absolute Gasteiger partial charge is 0.137 e. The summed E-state index contributed by atoms with van der Waals surface area (Å²) >= 11 is 3.79. The quantitative estimate of drug-likeness (QED) is 0.615. The minimum absolute atomic E-state index is 0.706. The molecule has 0 unspecified atom stereocenters. The smallest absolute Gasteiger partial charge is 0.0630 e. The van der Waals surface area contributed by atoms with Gasteiger partial charge in [0.25, 0.3) is 0 Å². The van der Waals surface area contributed by atoms with Crippen LogP contribution in [-0.4, -0.2) is 5.25 Å². The number of thiophene rings is 1. The van der Waals surface area contributed by atoms with E-state index in [9.17, 15) is 0 Å². The lowest BCUT2D eigenvalue weighted by Crippen LogP contribution is -1.83. The third-order valence-corrected chi connectivity index (χ3v) is 3.55. The summed E-state index contributed by atoms with van der Waals surface area (Å²) < 4.78 is 1.47. The molecule has 0 fully saturated rings. The topological polar surface area (TPSA) is 0 Å². The Morgan fingerprint density at radius 1 is 1.50 bits per heavy atom. The molecule has 56 valence electrons. The summed E-state index contributed by atoms with van der Waals surface area (Å²) in [6.07, 6.45) is 0. The van der Waals surface area contributed by atoms with E-state index in [2.05, 4.69) is 32.2 Å². The molecule has 0 aliphatic heterocycles. The van der Waals surface area contributed by atoms with E-state index in [1.54, 1.807) is 0 Å². The molecule has 0 saturated heterocycles. The molecule has 0 spiro atoms. The zero-order valence-electron chi connectivity index (χ0n) is 6.55. The summed E-state index contributed by atoms with van der Waals surface area (Å²) in [6.45, 7) is 6.62. The van der Waals surface area contributed by atoms with Crippen molar-refractivity contribution in [1.29, 1.82) is 0 Å². The summed E-state index contributed by atoms with van der Waals surface area (Å²) in [6, 6.07) is 2.18. The Labute approximate surface area is 70.7 Å². The van der Waals surface area contributed by atoms with Gasteiger partial charge in [-0.15, -0.1) is 23.1 Å². The average Bonchev–Trinajstić information content (AvgIpc) is 2.15. The molecule has 1 aromatic rings. The summed E-state index contributed by atoms with van der Waals surface area (Å²) in [4.78, 5) is 0. The molecule has 0 amide bonds. The van der Waals surface area contributed by atoms with Crippen molar-refractivity contribution in [2.75, 3.05) is 0 Å². The monoisotopic (exact) mass is 172 g/mol. The molecule has 0 aliphatic rings. The second-order valence-electron chi connectivity index (χ2n) is 2.56. The third kappa shape index (κ3) is 2.03. The van der Waals surface area contributed by atoms with Crippen LogP contribution in [-0.2, 0) is 0 Å². The molecule has 0 saturated carbocycles. The highest BCUT2D eigenvalue weighted by atomic mass is 32.2. The van der Waals surface area contributed by atoms with Crippen LogP contribution in [0.25, 0.3) is 0 Å². The van der Waals surface area contributed by atoms with Crippen molar-refractivity contribution in [3.05, 3.63) is 17.0 Å². The van der Waals surface area contributed by atoms with E-state index in [4.69, 9.17) is 0 Å². The van der Waals surface area contributed by atoms with Crippen LogP contribution < -0.4 is 0 Å². The number of thioether (sulfide) groups is 1. The van der Waals surface area contributed by atoms with Crippen molar-refractivity contribution in [2.24, 2.45) is 0 Å². The number of hydrogen-bond acceptors (Lipinski definition) is 2. The molecular weight excluding hydrogens is 160 g/mol. The fourth-order valence-electron chi connectivity index (χ4n) is 0.694. The van der Waals surface area contributed by atoms with E-state index in [0.717, 1.165) is 0 Å². The van der Waals surface area contributed by atoms with Crippen LogP contribution in [0.1, 0.15) is 19.4 Å². The van der Waals surface area contributed by atoms with Gasteiger partial charge in [0.2, 0.25) is 0 Å². The van der Waals surface area contributed by atoms with Crippen LogP contribution in [0, 0.1) is 6.92 Å². The molecule has 0 radical (unpaired) electrons. The van der Waals surface area contributed by atoms with Crippen molar-refractivity contribution in [3.8, 4) is 0 Å². The lowest BCUT2D eigenvalue weighted by molar-refractivity contribution is 1.11. The Balaban J connectivity index is 2.65. The van der Waals surface area contributed by atoms with Crippen molar-refractivity contribution in [3.63, 3.8) is 0 Å². The Kier molecular flexibility index (Phi) is 2.81. The van der Waals surface area contributed by atoms with Crippen LogP contribution >= 0.6 is 23.1 Å². The lowest BCUT2D eigenvalue weighted by Gasteiger charge is -2.01. The fraction of sp³-hybridized carbons (Fsp3) is 0.500. The predicted molar refractivity (Wildman–Crippen MR) is 50.0 cm³/mol. The van der Waals surface area contributed by atoms with Crippen molar-refractivity contribution in [1.82, 2.24) is 0 Å². The zero-order valence-corrected chi connectivity index (χ0v) is 8.18. The SMILES string of the molecule is Cc1ccsc1SC(C)C. The van der Waals surface area contributed by atoms with Gasteiger partial charge in [0.05, 0.1) is 4.21 Å². The highest BCUT2D eigenvalue weighted by molar-refractivity contribution is 8.01. The number of hydrogen-bond donors (Lipinski definition) is 0. The Morgan fingerprint density at radius 3 is 2.60 bits per heavy atom. The highest BCUT2D eigenvalue weighted by Gasteiger charge is 2.01. The molecule has 0 aromatic carbocycles. The van der Waals surface area contributed by atoms with Gasteiger partial charge >= 0.3 is 0 Å². The van der Waals surface area contributed by atoms with Crippen LogP contribution in [0.5, 0.6) is 0 Å². The van der Waals surface area contributed by atoms with Gasteiger partial charge in [-0.1, -0.05) is 13.8 Å². The molecule has 1 rings (SSSR count). The molecule has 0 nitrogen and oxygen atoms in total. The molecule has 10 heavy (non-hydrogen) atoms. The van der Waals surface area contributed by atoms with Crippen LogP contribution in [0.4, 0.5) is 0 Å². The molecule has 0 aliphatic carbocycles. The Hall–Kier alpha value is 0.0500. The van der Waals surface area contributed by atoms with E-state index in [1.807, 2.05) is 23.1 Å². The number of aryl methyl sites for hydroxylation is 1. The lowest BCUT2D eigenvalue weighted by atomic mass is 10.4. The van der Waals surface area contributed by atoms with E-state index in [0.29, 0.717) is 5.25 Å². The fourth-order valence-corrected chi connectivity index (χ4v) is 2.99. The first-order valence-corrected chi connectivity index (χ1v) is 5.17. The van der Waals surface area contributed by atoms with Crippen LogP contribution in [0.2, 0.25) is 0 Å². The minimum atomic E-state index is 0.706. The standard InChI is InChI=1S/C8H12S2/c1-6(2)10-8-7(3)4-5-9-8/h4-6H,1-3H3. The molecule has 1 aromatic heterocycles. The Bertz CT molecular complexity index is 201. The van der Waals surface area contributed by atoms with Gasteiger partial charge in [-0.2, -0.15) is 0 Å². The van der Waals surface area contributed by atoms with Gasteiger partial charge in [0.15, 0.2) is 0 Å². The Morgan fingerprint density at radius 2 is 2.20 bits per heavy atom. The summed E-state index contributed by atoms with van der Waals surface area (Å²) in [5, 5.41) is 2.86. The average molecular weight is 172 g/mol. The van der Waals surface area contributed by atoms with Gasteiger partial charge < -0.3 is 0 Å². The van der Waals surface area contributed by atoms with Gasteiger partial charge in [-0.25, -0.2) is 0 Å². The zero-order chi connectivity index (χ0) is 7.56. The molecule has 0 N–H and O–H groups in total. The van der Waals surface area contributed by atoms with E-state index in [1.165, 1.54) is 9.77 Å². The number of rotatable bonds is 2. The molecule has 0 atom stereocenters. The molecule has 1 heterocycles. The highest BCUT2D eigenvalue weighted by Crippen LogP contribution is 2.30. The molecule has 0 bridgehead atoms. The van der Waals surface area contributed by atoms with Crippen molar-refractivity contribution in [2.45, 2.75) is 30.2 Å². The van der Waals surface area contributed by atoms with Crippen LogP contribution in [0.15, 0.2) is 15.7 Å². The summed E-state index contributed by atoms with van der Waals surface area (Å²) in [5.74, 6) is 0. The van der Waals surface area contributed by atoms with Gasteiger partial charge in [-0.05, 0) is 23.9 Å². The first kappa shape index (κ1) is 8.15. The van der Waals surface area contributed by atoms with Crippen LogP contribution in [0.3, 0.4) is 0 Å². The first-order valence-electron chi connectivity index (χ1n) is 3.41. The van der Waals surface area contributed by atoms with E-state index in [-0.39, 0.29) is 0 Å². The van der Waals surface area contributed by atoms with E-state index < -0.39 is 0 Å². The maximum atomic E-state index is 2.23. The van der Waals surface area contributed by atoms with Gasteiger partial charge in [-0.3, -0.25) is 0 Å². The maximum Gasteiger partial charge on any atom is 0.0630 e. The first-order chi connectivity index (χ1) is 4.70. The van der Waals surface area contributed by atoms with E-state index >= 15 is 0 Å². The maximum absolute atomic E-state index is 2.23. The van der Waals surface area contributed by atoms with Gasteiger partial charge in [0, 0.05) is 5.25 Å². The minimum Gasteiger partial charge on any atom is -0.137 e. The normalized spacial score (nSPS) is 10.8. The molecule has 2 heteroatoms. The summed E-state index contributed by atoms with van der Waals surface area (Å²) in [7, 11) is 0. The predicted octanol–water partition coefficient (Wildman–Crippen LogP) is 3.56. The van der Waals surface area contributed by atoms with Crippen molar-refractivity contribution < 1.29 is 0 Å². The van der Waals surface area contributed by atoms with Crippen molar-refractivity contribution >= 4 is 23.1 Å². The van der Waals surface area contributed by atoms with Gasteiger partial charge in [0.1, 0.15) is 0 Å². The second kappa shape index (κ2) is 3.44. The molecular formula is C8H12S2. The third-order valence-electron chi connectivity index (χ3n) is 1.16. The summed E-state index contributed by atoms with van der Waals surface area (Å²) in [5.41, 5.74) is 1.42.